The van der Waals surface area contributed by atoms with Gasteiger partial charge in [-0.15, -0.1) is 0 Å². The van der Waals surface area contributed by atoms with Crippen molar-refractivity contribution in [3.63, 3.8) is 0 Å². The lowest BCUT2D eigenvalue weighted by Crippen LogP contribution is -2.33. The van der Waals surface area contributed by atoms with Crippen LogP contribution in [0.2, 0.25) is 0 Å². The summed E-state index contributed by atoms with van der Waals surface area (Å²) in [6.07, 6.45) is 3.00. The van der Waals surface area contributed by atoms with Crippen molar-refractivity contribution in [2.45, 2.75) is 46.1 Å². The van der Waals surface area contributed by atoms with Gasteiger partial charge in [-0.05, 0) is 37.7 Å². The van der Waals surface area contributed by atoms with Crippen LogP contribution in [0.25, 0.3) is 0 Å². The van der Waals surface area contributed by atoms with E-state index in [2.05, 4.69) is 44.3 Å². The normalized spacial score (nSPS) is 19.1. The van der Waals surface area contributed by atoms with Gasteiger partial charge in [-0.2, -0.15) is 0 Å². The van der Waals surface area contributed by atoms with Crippen LogP contribution in [0.5, 0.6) is 5.75 Å². The molecule has 0 saturated carbocycles. The number of aliphatic hydroxyl groups is 1. The molecular weight excluding hydrogens is 250 g/mol. The van der Waals surface area contributed by atoms with Gasteiger partial charge in [-0.25, -0.2) is 0 Å². The molecule has 1 aliphatic heterocycles. The van der Waals surface area contributed by atoms with Crippen LogP contribution in [0, 0.1) is 12.3 Å². The molecule has 0 amide bonds. The fourth-order valence-electron chi connectivity index (χ4n) is 2.70. The summed E-state index contributed by atoms with van der Waals surface area (Å²) in [5.41, 5.74) is 2.67. The van der Waals surface area contributed by atoms with Gasteiger partial charge in [-0.1, -0.05) is 31.5 Å². The molecule has 1 atom stereocenters. The molecule has 3 heteroatoms. The van der Waals surface area contributed by atoms with Gasteiger partial charge < -0.3 is 15.2 Å². The molecule has 3 nitrogen and oxygen atoms in total. The van der Waals surface area contributed by atoms with Gasteiger partial charge in [0.1, 0.15) is 5.75 Å². The van der Waals surface area contributed by atoms with E-state index in [0.717, 1.165) is 38.2 Å². The predicted molar refractivity (Wildman–Crippen MR) is 82.1 cm³/mol. The number of hydrogen-bond acceptors (Lipinski definition) is 3. The zero-order valence-electron chi connectivity index (χ0n) is 12.9. The van der Waals surface area contributed by atoms with Crippen molar-refractivity contribution in [2.75, 3.05) is 19.8 Å². The van der Waals surface area contributed by atoms with Crippen LogP contribution in [0.15, 0.2) is 18.2 Å². The van der Waals surface area contributed by atoms with E-state index in [0.29, 0.717) is 6.04 Å². The highest BCUT2D eigenvalue weighted by Crippen LogP contribution is 2.33. The largest absolute Gasteiger partial charge is 0.493 e. The number of hydrogen-bond donors (Lipinski definition) is 2. The van der Waals surface area contributed by atoms with Crippen molar-refractivity contribution >= 4 is 0 Å². The molecule has 1 aromatic rings. The Morgan fingerprint density at radius 1 is 1.40 bits per heavy atom. The first-order valence-corrected chi connectivity index (χ1v) is 7.59. The van der Waals surface area contributed by atoms with Crippen LogP contribution in [0.3, 0.4) is 0 Å². The number of nitrogens with one attached hydrogen (secondary N) is 1. The average Bonchev–Trinajstić information content (AvgIpc) is 2.58. The molecule has 0 aliphatic carbocycles. The Hall–Kier alpha value is -1.06. The zero-order chi connectivity index (χ0) is 14.6. The third-order valence-corrected chi connectivity index (χ3v) is 4.05. The molecule has 2 N–H and O–H groups in total. The number of aliphatic hydroxyl groups excluding tert-OH is 1. The van der Waals surface area contributed by atoms with Gasteiger partial charge in [0, 0.05) is 24.8 Å². The molecule has 0 saturated heterocycles. The molecule has 1 aliphatic rings. The Kier molecular flexibility index (Phi) is 5.06. The van der Waals surface area contributed by atoms with Crippen molar-refractivity contribution < 1.29 is 9.84 Å². The van der Waals surface area contributed by atoms with Gasteiger partial charge in [0.05, 0.1) is 6.61 Å². The van der Waals surface area contributed by atoms with E-state index in [1.165, 1.54) is 11.1 Å². The van der Waals surface area contributed by atoms with Gasteiger partial charge >= 0.3 is 0 Å². The maximum atomic E-state index is 9.13. The maximum absolute atomic E-state index is 9.13. The highest BCUT2D eigenvalue weighted by Gasteiger charge is 2.23. The van der Waals surface area contributed by atoms with Crippen LogP contribution >= 0.6 is 0 Å². The van der Waals surface area contributed by atoms with E-state index >= 15 is 0 Å². The summed E-state index contributed by atoms with van der Waals surface area (Å²) in [7, 11) is 0. The van der Waals surface area contributed by atoms with E-state index in [4.69, 9.17) is 9.84 Å². The smallest absolute Gasteiger partial charge is 0.124 e. The summed E-state index contributed by atoms with van der Waals surface area (Å²) < 4.78 is 5.83. The fourth-order valence-corrected chi connectivity index (χ4v) is 2.70. The molecule has 0 radical (unpaired) electrons. The number of ether oxygens (including phenoxy) is 1. The summed E-state index contributed by atoms with van der Waals surface area (Å²) in [5.74, 6) is 1.02. The van der Waals surface area contributed by atoms with Gasteiger partial charge in [0.2, 0.25) is 0 Å². The first kappa shape index (κ1) is 15.3. The third kappa shape index (κ3) is 3.97. The number of benzene rings is 1. The lowest BCUT2D eigenvalue weighted by molar-refractivity contribution is 0.202. The molecule has 1 unspecified atom stereocenters. The summed E-state index contributed by atoms with van der Waals surface area (Å²) in [4.78, 5) is 0. The fraction of sp³-hybridized carbons (Fsp3) is 0.647. The van der Waals surface area contributed by atoms with E-state index < -0.39 is 0 Å². The molecule has 1 heterocycles. The quantitative estimate of drug-likeness (QED) is 0.868. The summed E-state index contributed by atoms with van der Waals surface area (Å²) in [6.45, 7) is 8.47. The Balaban J connectivity index is 2.10. The van der Waals surface area contributed by atoms with E-state index in [-0.39, 0.29) is 12.0 Å². The van der Waals surface area contributed by atoms with Crippen molar-refractivity contribution in [3.8, 4) is 5.75 Å². The minimum Gasteiger partial charge on any atom is -0.493 e. The minimum atomic E-state index is 0.117. The van der Waals surface area contributed by atoms with Gasteiger partial charge in [0.15, 0.2) is 0 Å². The Bertz CT molecular complexity index is 443. The van der Waals surface area contributed by atoms with Crippen LogP contribution in [0.4, 0.5) is 0 Å². The van der Waals surface area contributed by atoms with Gasteiger partial charge in [-0.3, -0.25) is 0 Å². The number of rotatable bonds is 5. The predicted octanol–water partition coefficient (Wildman–Crippen LogP) is 3.21. The standard InChI is InChI=1S/C17H27NO2/c1-13-6-7-16-14(11-13)15(5-4-10-20-16)18-12-17(2,3)8-9-19/h6-7,11,15,18-19H,4-5,8-10,12H2,1-3H3. The van der Waals surface area contributed by atoms with Crippen molar-refractivity contribution in [2.24, 2.45) is 5.41 Å². The minimum absolute atomic E-state index is 0.117. The second-order valence-electron chi connectivity index (χ2n) is 6.60. The highest BCUT2D eigenvalue weighted by atomic mass is 16.5. The summed E-state index contributed by atoms with van der Waals surface area (Å²) in [6, 6.07) is 6.78. The maximum Gasteiger partial charge on any atom is 0.124 e. The van der Waals surface area contributed by atoms with Crippen LogP contribution < -0.4 is 10.1 Å². The highest BCUT2D eigenvalue weighted by molar-refractivity contribution is 5.39. The lowest BCUT2D eigenvalue weighted by atomic mass is 9.88. The zero-order valence-corrected chi connectivity index (χ0v) is 12.9. The van der Waals surface area contributed by atoms with Crippen molar-refractivity contribution in [3.05, 3.63) is 29.3 Å². The molecule has 2 rings (SSSR count). The second kappa shape index (κ2) is 6.59. The lowest BCUT2D eigenvalue weighted by Gasteiger charge is -2.28. The van der Waals surface area contributed by atoms with Crippen molar-refractivity contribution in [1.29, 1.82) is 0 Å². The number of fused-ring (bicyclic) bond motifs is 1. The van der Waals surface area contributed by atoms with Crippen LogP contribution in [-0.2, 0) is 0 Å². The molecule has 0 bridgehead atoms. The van der Waals surface area contributed by atoms with E-state index in [9.17, 15) is 0 Å². The first-order chi connectivity index (χ1) is 9.52. The Labute approximate surface area is 122 Å². The molecule has 0 fully saturated rings. The summed E-state index contributed by atoms with van der Waals surface area (Å²) in [5, 5.41) is 12.8. The first-order valence-electron chi connectivity index (χ1n) is 7.59. The SMILES string of the molecule is Cc1ccc2c(c1)C(NCC(C)(C)CCO)CCCO2. The van der Waals surface area contributed by atoms with E-state index in [1.54, 1.807) is 0 Å². The average molecular weight is 277 g/mol. The number of aryl methyl sites for hydroxylation is 1. The van der Waals surface area contributed by atoms with Crippen LogP contribution in [-0.4, -0.2) is 24.9 Å². The third-order valence-electron chi connectivity index (χ3n) is 4.05. The topological polar surface area (TPSA) is 41.5 Å². The molecular formula is C17H27NO2. The molecule has 1 aromatic carbocycles. The molecule has 0 aromatic heterocycles. The Morgan fingerprint density at radius 2 is 2.20 bits per heavy atom. The second-order valence-corrected chi connectivity index (χ2v) is 6.60. The van der Waals surface area contributed by atoms with Crippen molar-refractivity contribution in [1.82, 2.24) is 5.32 Å². The molecule has 20 heavy (non-hydrogen) atoms. The molecule has 112 valence electrons. The van der Waals surface area contributed by atoms with Gasteiger partial charge in [0.25, 0.3) is 0 Å². The molecule has 0 spiro atoms. The van der Waals surface area contributed by atoms with E-state index in [1.807, 2.05) is 0 Å². The monoisotopic (exact) mass is 277 g/mol. The van der Waals surface area contributed by atoms with Crippen LogP contribution in [0.1, 0.15) is 50.3 Å². The Morgan fingerprint density at radius 3 is 2.95 bits per heavy atom. The summed E-state index contributed by atoms with van der Waals surface area (Å²) >= 11 is 0.